The fourth-order valence-corrected chi connectivity index (χ4v) is 20.1. The van der Waals surface area contributed by atoms with Crippen LogP contribution in [0.3, 0.4) is 0 Å². The Balaban J connectivity index is 0.640. The minimum Gasteiger partial charge on any atom is -0.391 e. The largest absolute Gasteiger partial charge is 0.501 e. The summed E-state index contributed by atoms with van der Waals surface area (Å²) in [6.45, 7) is 20.2. The standard InChI is InChI=1S/C76H98ClF3N10O10S4/c1-50(52-18-20-53(21-19-52)67-51(2)81-49-102-67)82-70(95)63-40-58(91)44-90(63)71(96)68(72(3,4)5)84-65(92)16-12-9-13-17-66(93)89-38-32-86(33-39-89)31-29-56(45-101-59-14-10-8-11-15-59)83-62-27-26-60(41-64(62)103(97,98)76(78,79)80)104(99,100)85-69(94)54-22-24-57(25-23-54)88-36-34-87(35-37-88)43-55-28-30-73(6,7)42-61(55)74-46-75(77,47-74)48-74/h8,10-11,14-15,18-27,41,49-50,56,58,63,68,83,91H,9,12-13,16-17,28-40,42-48H2,1-7H3,(H,82,95)(H,84,92)(H,85,94)/t50-,56?,58+,63-,68?,74?,75?/m0/s1. The molecule has 3 aliphatic heterocycles. The van der Waals surface area contributed by atoms with Crippen LogP contribution in [0.2, 0.25) is 0 Å². The third kappa shape index (κ3) is 18.7. The summed E-state index contributed by atoms with van der Waals surface area (Å²) in [7, 11) is -11.1. The molecule has 564 valence electrons. The second kappa shape index (κ2) is 32.1. The van der Waals surface area contributed by atoms with E-state index < -0.39 is 94.3 Å². The quantitative estimate of drug-likeness (QED) is 0.0135. The maximum atomic E-state index is 14.6. The monoisotopic (exact) mass is 1530 g/mol. The molecule has 5 atom stereocenters. The van der Waals surface area contributed by atoms with Crippen molar-refractivity contribution in [3.8, 4) is 10.4 Å². The molecule has 2 unspecified atom stereocenters. The SMILES string of the molecule is Cc1ncsc1-c1ccc([C@H](C)NC(=O)[C@@H]2C[C@@H](O)CN2C(=O)C(NC(=O)CCCCCC(=O)N2CCN(CCC(CSc3ccccc3)Nc3ccc(S(=O)(=O)NC(=O)c4ccc(N5CCN(CC6=C(C78CC(Cl)(C7)C8)CC(C)(C)CC6)CC5)cc4)cc3S(=O)(=O)C(F)(F)F)CC2)C(C)(C)C)cc1. The Hall–Kier alpha value is -6.59. The summed E-state index contributed by atoms with van der Waals surface area (Å²) in [6.07, 6.45) is 7.90. The molecule has 0 radical (unpaired) electrons. The maximum absolute atomic E-state index is 14.6. The number of halogens is 4. The number of hydrogen-bond donors (Lipinski definition) is 5. The van der Waals surface area contributed by atoms with Crippen molar-refractivity contribution >= 4 is 95.5 Å². The van der Waals surface area contributed by atoms with Gasteiger partial charge in [-0.25, -0.2) is 26.5 Å². The zero-order valence-corrected chi connectivity index (χ0v) is 64.4. The zero-order chi connectivity index (χ0) is 74.7. The summed E-state index contributed by atoms with van der Waals surface area (Å²) >= 11 is 9.68. The number of amides is 5. The van der Waals surface area contributed by atoms with Crippen LogP contribution in [0.1, 0.15) is 153 Å². The highest BCUT2D eigenvalue weighted by Gasteiger charge is 2.69. The van der Waals surface area contributed by atoms with Crippen molar-refractivity contribution in [2.24, 2.45) is 16.2 Å². The Morgan fingerprint density at radius 3 is 2.12 bits per heavy atom. The van der Waals surface area contributed by atoms with Gasteiger partial charge in [0.25, 0.3) is 25.8 Å². The number of carbonyl (C=O) groups is 5. The third-order valence-corrected chi connectivity index (χ3v) is 27.0. The van der Waals surface area contributed by atoms with E-state index in [4.69, 9.17) is 11.6 Å². The summed E-state index contributed by atoms with van der Waals surface area (Å²) in [5, 5.41) is 19.7. The van der Waals surface area contributed by atoms with Crippen LogP contribution < -0.4 is 25.6 Å². The second-order valence-electron chi connectivity index (χ2n) is 31.2. The van der Waals surface area contributed by atoms with Crippen molar-refractivity contribution < 1.29 is 59.1 Å². The number of aliphatic hydroxyl groups excluding tert-OH is 1. The second-order valence-corrected chi connectivity index (χ2v) is 37.5. The molecule has 4 aromatic carbocycles. The topological polar surface area (TPSA) is 251 Å². The van der Waals surface area contributed by atoms with Gasteiger partial charge in [-0.2, -0.15) is 13.2 Å². The predicted molar refractivity (Wildman–Crippen MR) is 401 cm³/mol. The van der Waals surface area contributed by atoms with E-state index in [1.807, 2.05) is 93.9 Å². The number of anilines is 2. The number of aliphatic hydroxyl groups is 1. The molecular weight excluding hydrogens is 1430 g/mol. The molecule has 3 saturated heterocycles. The van der Waals surface area contributed by atoms with E-state index >= 15 is 0 Å². The maximum Gasteiger partial charge on any atom is 0.501 e. The van der Waals surface area contributed by atoms with Crippen LogP contribution in [-0.4, -0.2) is 188 Å². The highest BCUT2D eigenvalue weighted by Crippen LogP contribution is 2.75. The molecule has 5 amide bonds. The highest BCUT2D eigenvalue weighted by atomic mass is 35.5. The van der Waals surface area contributed by atoms with Crippen LogP contribution >= 0.6 is 34.7 Å². The van der Waals surface area contributed by atoms with E-state index in [0.29, 0.717) is 64.5 Å². The Morgan fingerprint density at radius 2 is 1.48 bits per heavy atom. The Labute approximate surface area is 623 Å². The van der Waals surface area contributed by atoms with Gasteiger partial charge >= 0.3 is 5.51 Å². The Morgan fingerprint density at radius 1 is 0.817 bits per heavy atom. The summed E-state index contributed by atoms with van der Waals surface area (Å²) in [5.74, 6) is -2.08. The van der Waals surface area contributed by atoms with Gasteiger partial charge in [-0.3, -0.25) is 33.8 Å². The van der Waals surface area contributed by atoms with Gasteiger partial charge in [-0.1, -0.05) is 94.7 Å². The normalized spacial score (nSPS) is 22.6. The number of benzene rings is 4. The van der Waals surface area contributed by atoms with Gasteiger partial charge in [0.05, 0.1) is 38.8 Å². The molecular formula is C76H98ClF3N10O10S4. The van der Waals surface area contributed by atoms with Crippen LogP contribution in [0.5, 0.6) is 0 Å². The van der Waals surface area contributed by atoms with Crippen LogP contribution in [0.4, 0.5) is 24.5 Å². The third-order valence-electron chi connectivity index (χ3n) is 21.6. The summed E-state index contributed by atoms with van der Waals surface area (Å²) in [5.41, 5.74) is 2.16. The molecule has 4 aliphatic carbocycles. The fourth-order valence-electron chi connectivity index (χ4n) is 15.5. The number of aromatic nitrogens is 1. The number of unbranched alkanes of at least 4 members (excludes halogenated alkanes) is 2. The average molecular weight is 1530 g/mol. The highest BCUT2D eigenvalue weighted by molar-refractivity contribution is 7.99. The number of sulfone groups is 1. The molecule has 28 heteroatoms. The number of rotatable bonds is 28. The smallest absolute Gasteiger partial charge is 0.391 e. The minimum atomic E-state index is -6.18. The summed E-state index contributed by atoms with van der Waals surface area (Å²) in [6, 6.07) is 22.8. The molecule has 20 nitrogen and oxygen atoms in total. The van der Waals surface area contributed by atoms with Gasteiger partial charge in [0.15, 0.2) is 0 Å². The molecule has 0 spiro atoms. The number of nitrogens with one attached hydrogen (secondary N) is 4. The number of thiazole rings is 1. The number of thioether (sulfide) groups is 1. The molecule has 3 saturated carbocycles. The van der Waals surface area contributed by atoms with Crippen LogP contribution in [0, 0.1) is 23.2 Å². The number of allylic oxidation sites excluding steroid dienone is 1. The number of carbonyl (C=O) groups excluding carboxylic acids is 5. The van der Waals surface area contributed by atoms with Crippen LogP contribution in [-0.2, 0) is 39.0 Å². The first-order chi connectivity index (χ1) is 49.1. The summed E-state index contributed by atoms with van der Waals surface area (Å²) < 4.78 is 100. The number of piperazine rings is 2. The van der Waals surface area contributed by atoms with E-state index in [1.165, 1.54) is 28.8 Å². The van der Waals surface area contributed by atoms with Crippen molar-refractivity contribution in [2.45, 2.75) is 187 Å². The predicted octanol–water partition coefficient (Wildman–Crippen LogP) is 11.7. The molecule has 6 fully saturated rings. The summed E-state index contributed by atoms with van der Waals surface area (Å²) in [4.78, 5) is 82.7. The number of likely N-dealkylation sites (tertiary alicyclic amines) is 1. The van der Waals surface area contributed by atoms with Crippen molar-refractivity contribution in [3.05, 3.63) is 131 Å². The van der Waals surface area contributed by atoms with Gasteiger partial charge < -0.3 is 35.8 Å². The van der Waals surface area contributed by atoms with Gasteiger partial charge in [0.2, 0.25) is 23.6 Å². The number of aryl methyl sites for hydroxylation is 1. The molecule has 104 heavy (non-hydrogen) atoms. The van der Waals surface area contributed by atoms with Gasteiger partial charge in [-0.15, -0.1) is 34.7 Å². The van der Waals surface area contributed by atoms with E-state index in [0.717, 1.165) is 116 Å². The number of sulfonamides is 1. The van der Waals surface area contributed by atoms with Crippen LogP contribution in [0.25, 0.3) is 10.4 Å². The van der Waals surface area contributed by atoms with E-state index in [1.54, 1.807) is 45.0 Å². The molecule has 7 aliphatic rings. The number of nitrogens with zero attached hydrogens (tertiary/aromatic N) is 6. The van der Waals surface area contributed by atoms with E-state index in [9.17, 15) is 59.1 Å². The first-order valence-corrected chi connectivity index (χ1v) is 41.3. The number of alkyl halides is 4. The zero-order valence-electron chi connectivity index (χ0n) is 60.3. The first-order valence-electron chi connectivity index (χ1n) is 36.1. The van der Waals surface area contributed by atoms with Crippen molar-refractivity contribution in [1.29, 1.82) is 0 Å². The molecule has 12 rings (SSSR count). The van der Waals surface area contributed by atoms with E-state index in [-0.39, 0.29) is 64.6 Å². The van der Waals surface area contributed by atoms with Crippen molar-refractivity contribution in [3.63, 3.8) is 0 Å². The molecule has 1 aromatic heterocycles. The lowest BCUT2D eigenvalue weighted by Crippen LogP contribution is -2.65. The van der Waals surface area contributed by atoms with E-state index in [2.05, 4.69) is 49.5 Å². The van der Waals surface area contributed by atoms with Crippen molar-refractivity contribution in [2.75, 3.05) is 88.0 Å². The average Bonchev–Trinajstić information content (AvgIpc) is 0.711. The Kier molecular flexibility index (Phi) is 24.2. The molecule has 5 N–H and O–H groups in total. The lowest BCUT2D eigenvalue weighted by molar-refractivity contribution is -0.144. The minimum absolute atomic E-state index is 0.00556. The van der Waals surface area contributed by atoms with Gasteiger partial charge in [0.1, 0.15) is 17.0 Å². The van der Waals surface area contributed by atoms with Gasteiger partial charge in [0, 0.05) is 124 Å². The lowest BCUT2D eigenvalue weighted by atomic mass is 9.39. The molecule has 4 heterocycles. The molecule has 2 bridgehead atoms. The lowest BCUT2D eigenvalue weighted by Gasteiger charge is -2.70. The van der Waals surface area contributed by atoms with Crippen molar-refractivity contribution in [1.82, 2.24) is 39.9 Å². The first kappa shape index (κ1) is 78.5. The fraction of sp³-hybridized carbons (Fsp3) is 0.553. The van der Waals surface area contributed by atoms with Crippen LogP contribution in [0.15, 0.2) is 128 Å². The Bertz CT molecular complexity index is 4180. The number of hydrogen-bond acceptors (Lipinski definition) is 17. The molecule has 5 aromatic rings. The van der Waals surface area contributed by atoms with Gasteiger partial charge in [-0.05, 0) is 154 Å². The number of β-amino-alcohol motifs (C(OH)–C–C–N with tert-alkyl or cyclic N) is 1.